The van der Waals surface area contributed by atoms with Gasteiger partial charge in [-0.15, -0.1) is 13.2 Å². The number of halogens is 3. The molecule has 1 aliphatic rings. The highest BCUT2D eigenvalue weighted by Gasteiger charge is 2.31. The van der Waals surface area contributed by atoms with Crippen LogP contribution < -0.4 is 15.4 Å². The maximum absolute atomic E-state index is 12.4. The number of anilines is 1. The van der Waals surface area contributed by atoms with Crippen molar-refractivity contribution in [3.05, 3.63) is 54.9 Å². The second kappa shape index (κ2) is 8.50. The molecule has 0 spiro atoms. The van der Waals surface area contributed by atoms with E-state index in [0.717, 1.165) is 11.8 Å². The molecule has 2 aromatic heterocycles. The SMILES string of the molecule is C=CC(=O)NCc1nn(-c2ccc(OC(F)(F)F)cc2)c2nccc(N[C@H]3C[C@H](O)C3)c12. The van der Waals surface area contributed by atoms with Gasteiger partial charge in [0.2, 0.25) is 5.91 Å². The van der Waals surface area contributed by atoms with Crippen LogP contribution in [0.3, 0.4) is 0 Å². The first-order valence-electron chi connectivity index (χ1n) is 9.81. The van der Waals surface area contributed by atoms with E-state index in [1.165, 1.54) is 28.9 Å². The van der Waals surface area contributed by atoms with Gasteiger partial charge < -0.3 is 20.5 Å². The second-order valence-electron chi connectivity index (χ2n) is 7.35. The van der Waals surface area contributed by atoms with Crippen LogP contribution in [-0.4, -0.2) is 44.3 Å². The van der Waals surface area contributed by atoms with E-state index in [0.29, 0.717) is 35.3 Å². The summed E-state index contributed by atoms with van der Waals surface area (Å²) in [5.41, 5.74) is 2.18. The molecule has 32 heavy (non-hydrogen) atoms. The van der Waals surface area contributed by atoms with Gasteiger partial charge in [-0.3, -0.25) is 4.79 Å². The van der Waals surface area contributed by atoms with Gasteiger partial charge in [-0.1, -0.05) is 6.58 Å². The number of amides is 1. The lowest BCUT2D eigenvalue weighted by Gasteiger charge is -2.33. The number of aliphatic hydroxyl groups is 1. The number of hydrogen-bond donors (Lipinski definition) is 3. The predicted octanol–water partition coefficient (Wildman–Crippen LogP) is 3.06. The van der Waals surface area contributed by atoms with Crippen LogP contribution in [0.2, 0.25) is 0 Å². The second-order valence-corrected chi connectivity index (χ2v) is 7.35. The molecule has 1 aliphatic carbocycles. The molecule has 4 rings (SSSR count). The third-order valence-electron chi connectivity index (χ3n) is 5.04. The molecule has 1 saturated carbocycles. The number of aliphatic hydroxyl groups excluding tert-OH is 1. The molecular formula is C21H20F3N5O3. The summed E-state index contributed by atoms with van der Waals surface area (Å²) < 4.78 is 42.8. The molecule has 0 radical (unpaired) electrons. The maximum Gasteiger partial charge on any atom is 0.573 e. The van der Waals surface area contributed by atoms with Gasteiger partial charge in [-0.25, -0.2) is 9.67 Å². The van der Waals surface area contributed by atoms with Crippen LogP contribution in [0.5, 0.6) is 5.75 Å². The van der Waals surface area contributed by atoms with Gasteiger partial charge in [0.05, 0.1) is 29.4 Å². The number of alkyl halides is 3. The Kier molecular flexibility index (Phi) is 5.74. The standard InChI is InChI=1S/C21H20F3N5O3/c1-2-18(31)26-11-17-19-16(27-12-9-14(30)10-12)7-8-25-20(19)29(28-17)13-3-5-15(6-4-13)32-21(22,23)24/h2-8,12,14,30H,1,9-11H2,(H,25,27)(H,26,31)/t12-,14-. The number of carbonyl (C=O) groups is 1. The fourth-order valence-electron chi connectivity index (χ4n) is 3.50. The molecule has 168 valence electrons. The molecule has 1 amide bonds. The zero-order valence-electron chi connectivity index (χ0n) is 16.8. The summed E-state index contributed by atoms with van der Waals surface area (Å²) in [7, 11) is 0. The topological polar surface area (TPSA) is 101 Å². The lowest BCUT2D eigenvalue weighted by atomic mass is 9.89. The van der Waals surface area contributed by atoms with E-state index >= 15 is 0 Å². The van der Waals surface area contributed by atoms with Crippen molar-refractivity contribution in [3.8, 4) is 11.4 Å². The molecule has 0 aliphatic heterocycles. The average Bonchev–Trinajstić information content (AvgIpc) is 3.10. The summed E-state index contributed by atoms with van der Waals surface area (Å²) in [6.45, 7) is 3.52. The minimum absolute atomic E-state index is 0.0911. The number of fused-ring (bicyclic) bond motifs is 1. The molecule has 1 fully saturated rings. The Morgan fingerprint density at radius 1 is 1.28 bits per heavy atom. The summed E-state index contributed by atoms with van der Waals surface area (Å²) in [6, 6.07) is 7.11. The normalized spacial score (nSPS) is 18.1. The van der Waals surface area contributed by atoms with Crippen molar-refractivity contribution >= 4 is 22.6 Å². The number of rotatable bonds is 7. The van der Waals surface area contributed by atoms with Crippen molar-refractivity contribution in [1.29, 1.82) is 0 Å². The van der Waals surface area contributed by atoms with Crippen molar-refractivity contribution < 1.29 is 27.8 Å². The summed E-state index contributed by atoms with van der Waals surface area (Å²) in [6.07, 6.45) is -1.16. The van der Waals surface area contributed by atoms with Crippen LogP contribution in [0, 0.1) is 0 Å². The van der Waals surface area contributed by atoms with Crippen LogP contribution >= 0.6 is 0 Å². The van der Waals surface area contributed by atoms with Crippen molar-refractivity contribution in [3.63, 3.8) is 0 Å². The highest BCUT2D eigenvalue weighted by atomic mass is 19.4. The van der Waals surface area contributed by atoms with Gasteiger partial charge in [-0.05, 0) is 49.2 Å². The number of hydrogen-bond acceptors (Lipinski definition) is 6. The number of nitrogens with zero attached hydrogens (tertiary/aromatic N) is 3. The van der Waals surface area contributed by atoms with E-state index in [9.17, 15) is 23.1 Å². The van der Waals surface area contributed by atoms with E-state index in [-0.39, 0.29) is 30.3 Å². The van der Waals surface area contributed by atoms with Gasteiger partial charge in [0.15, 0.2) is 5.65 Å². The first-order valence-corrected chi connectivity index (χ1v) is 9.81. The molecule has 8 nitrogen and oxygen atoms in total. The van der Waals surface area contributed by atoms with E-state index < -0.39 is 6.36 Å². The van der Waals surface area contributed by atoms with Gasteiger partial charge in [0, 0.05) is 17.9 Å². The molecule has 0 atom stereocenters. The largest absolute Gasteiger partial charge is 0.573 e. The van der Waals surface area contributed by atoms with E-state index in [1.807, 2.05) is 0 Å². The average molecular weight is 447 g/mol. The van der Waals surface area contributed by atoms with Gasteiger partial charge >= 0.3 is 6.36 Å². The monoisotopic (exact) mass is 447 g/mol. The highest BCUT2D eigenvalue weighted by molar-refractivity contribution is 5.93. The van der Waals surface area contributed by atoms with E-state index in [1.54, 1.807) is 12.3 Å². The van der Waals surface area contributed by atoms with Gasteiger partial charge in [0.25, 0.3) is 0 Å². The molecule has 3 aromatic rings. The fourth-order valence-corrected chi connectivity index (χ4v) is 3.50. The molecule has 0 bridgehead atoms. The third-order valence-corrected chi connectivity index (χ3v) is 5.04. The van der Waals surface area contributed by atoms with Gasteiger partial charge in [0.1, 0.15) is 5.75 Å². The molecule has 0 unspecified atom stereocenters. The summed E-state index contributed by atoms with van der Waals surface area (Å²) >= 11 is 0. The van der Waals surface area contributed by atoms with Crippen LogP contribution in [-0.2, 0) is 11.3 Å². The Balaban J connectivity index is 1.72. The number of ether oxygens (including phenoxy) is 1. The minimum Gasteiger partial charge on any atom is -0.406 e. The molecule has 2 heterocycles. The van der Waals surface area contributed by atoms with E-state index in [4.69, 9.17) is 0 Å². The zero-order chi connectivity index (χ0) is 22.9. The Hall–Kier alpha value is -3.60. The smallest absolute Gasteiger partial charge is 0.406 e. The van der Waals surface area contributed by atoms with Crippen LogP contribution in [0.15, 0.2) is 49.2 Å². The summed E-state index contributed by atoms with van der Waals surface area (Å²) in [4.78, 5) is 16.1. The molecule has 11 heteroatoms. The number of nitrogens with one attached hydrogen (secondary N) is 2. The fraction of sp³-hybridized carbons (Fsp3) is 0.286. The lowest BCUT2D eigenvalue weighted by molar-refractivity contribution is -0.274. The Bertz CT molecular complexity index is 1140. The van der Waals surface area contributed by atoms with E-state index in [2.05, 4.69) is 32.0 Å². The first kappa shape index (κ1) is 21.6. The number of carbonyl (C=O) groups excluding carboxylic acids is 1. The Morgan fingerprint density at radius 3 is 2.62 bits per heavy atom. The number of pyridine rings is 1. The highest BCUT2D eigenvalue weighted by Crippen LogP contribution is 2.32. The first-order chi connectivity index (χ1) is 15.2. The van der Waals surface area contributed by atoms with Crippen molar-refractivity contribution in [2.75, 3.05) is 5.32 Å². The molecule has 0 saturated heterocycles. The van der Waals surface area contributed by atoms with Crippen molar-refractivity contribution in [1.82, 2.24) is 20.1 Å². The van der Waals surface area contributed by atoms with Crippen LogP contribution in [0.1, 0.15) is 18.5 Å². The van der Waals surface area contributed by atoms with Crippen molar-refractivity contribution in [2.24, 2.45) is 0 Å². The predicted molar refractivity (Wildman–Crippen MR) is 110 cm³/mol. The summed E-state index contributed by atoms with van der Waals surface area (Å²) in [5.74, 6) is -0.725. The van der Waals surface area contributed by atoms with Gasteiger partial charge in [-0.2, -0.15) is 5.10 Å². The zero-order valence-corrected chi connectivity index (χ0v) is 16.8. The van der Waals surface area contributed by atoms with Crippen LogP contribution in [0.4, 0.5) is 18.9 Å². The number of benzene rings is 1. The number of aromatic nitrogens is 3. The maximum atomic E-state index is 12.4. The third kappa shape index (κ3) is 4.67. The molecular weight excluding hydrogens is 427 g/mol. The minimum atomic E-state index is -4.78. The Morgan fingerprint density at radius 2 is 2.00 bits per heavy atom. The Labute approximate surface area is 180 Å². The van der Waals surface area contributed by atoms with Crippen LogP contribution in [0.25, 0.3) is 16.7 Å². The molecule has 3 N–H and O–H groups in total. The lowest BCUT2D eigenvalue weighted by Crippen LogP contribution is -2.39. The summed E-state index contributed by atoms with van der Waals surface area (Å²) in [5, 5.41) is 20.8. The molecule has 1 aromatic carbocycles. The quantitative estimate of drug-likeness (QED) is 0.482. The van der Waals surface area contributed by atoms with Crippen molar-refractivity contribution in [2.45, 2.75) is 37.9 Å².